The van der Waals surface area contributed by atoms with E-state index in [-0.39, 0.29) is 6.61 Å². The van der Waals surface area contributed by atoms with Gasteiger partial charge in [-0.3, -0.25) is 4.90 Å². The van der Waals surface area contributed by atoms with Crippen molar-refractivity contribution >= 4 is 0 Å². The third-order valence-electron chi connectivity index (χ3n) is 3.00. The Morgan fingerprint density at radius 3 is 2.39 bits per heavy atom. The summed E-state index contributed by atoms with van der Waals surface area (Å²) in [7, 11) is 0. The second-order valence-corrected chi connectivity index (χ2v) is 4.87. The molecule has 0 unspecified atom stereocenters. The quantitative estimate of drug-likeness (QED) is 0.770. The fraction of sp³-hybridized carbons (Fsp3) is 0.600. The first-order valence-electron chi connectivity index (χ1n) is 6.68. The molecule has 0 saturated carbocycles. The molecule has 0 aliphatic rings. The molecule has 1 rings (SSSR count). The summed E-state index contributed by atoms with van der Waals surface area (Å²) in [4.78, 5) is 2.32. The van der Waals surface area contributed by atoms with Gasteiger partial charge in [0.1, 0.15) is 12.4 Å². The minimum atomic E-state index is 0.252. The van der Waals surface area contributed by atoms with Gasteiger partial charge in [0.15, 0.2) is 0 Å². The molecule has 3 nitrogen and oxygen atoms in total. The highest BCUT2D eigenvalue weighted by Gasteiger charge is 2.08. The molecular formula is C15H25NO2. The number of hydrogen-bond acceptors (Lipinski definition) is 3. The van der Waals surface area contributed by atoms with Crippen molar-refractivity contribution in [3.05, 3.63) is 29.8 Å². The van der Waals surface area contributed by atoms with Gasteiger partial charge in [0, 0.05) is 25.7 Å². The molecule has 0 aliphatic carbocycles. The molecule has 1 aromatic carbocycles. The van der Waals surface area contributed by atoms with Gasteiger partial charge in [0.2, 0.25) is 0 Å². The van der Waals surface area contributed by atoms with Crippen LogP contribution in [-0.2, 0) is 0 Å². The zero-order chi connectivity index (χ0) is 13.4. The lowest BCUT2D eigenvalue weighted by atomic mass is 10.2. The number of aliphatic hydroxyl groups is 1. The first-order valence-corrected chi connectivity index (χ1v) is 6.68. The summed E-state index contributed by atoms with van der Waals surface area (Å²) in [6, 6.07) is 8.60. The molecule has 0 spiro atoms. The zero-order valence-corrected chi connectivity index (χ0v) is 11.7. The van der Waals surface area contributed by atoms with Crippen LogP contribution in [0.5, 0.6) is 5.75 Å². The van der Waals surface area contributed by atoms with Crippen molar-refractivity contribution in [1.82, 2.24) is 4.90 Å². The molecule has 3 heteroatoms. The summed E-state index contributed by atoms with van der Waals surface area (Å²) >= 11 is 0. The Labute approximate surface area is 110 Å². The van der Waals surface area contributed by atoms with Crippen molar-refractivity contribution in [2.24, 2.45) is 0 Å². The van der Waals surface area contributed by atoms with Gasteiger partial charge in [-0.1, -0.05) is 17.7 Å². The molecule has 0 fully saturated rings. The van der Waals surface area contributed by atoms with Crippen molar-refractivity contribution in [1.29, 1.82) is 0 Å². The van der Waals surface area contributed by atoms with Gasteiger partial charge in [-0.25, -0.2) is 0 Å². The lowest BCUT2D eigenvalue weighted by molar-refractivity contribution is 0.160. The van der Waals surface area contributed by atoms with E-state index in [9.17, 15) is 0 Å². The van der Waals surface area contributed by atoms with Gasteiger partial charge in [-0.2, -0.15) is 0 Å². The van der Waals surface area contributed by atoms with E-state index in [1.165, 1.54) is 5.56 Å². The Morgan fingerprint density at radius 1 is 1.17 bits per heavy atom. The maximum absolute atomic E-state index is 8.87. The van der Waals surface area contributed by atoms with Crippen molar-refractivity contribution in [3.8, 4) is 5.75 Å². The highest BCUT2D eigenvalue weighted by atomic mass is 16.5. The van der Waals surface area contributed by atoms with E-state index in [1.807, 2.05) is 12.1 Å². The summed E-state index contributed by atoms with van der Waals surface area (Å²) in [5.74, 6) is 0.923. The van der Waals surface area contributed by atoms with Crippen molar-refractivity contribution in [2.75, 3.05) is 26.3 Å². The molecule has 0 aliphatic heterocycles. The van der Waals surface area contributed by atoms with Gasteiger partial charge in [-0.15, -0.1) is 0 Å². The standard InChI is InChI=1S/C15H25NO2/c1-13(2)16(9-4-11-17)10-12-18-15-7-5-14(3)6-8-15/h5-8,13,17H,4,9-12H2,1-3H3. The second kappa shape index (κ2) is 8.11. The molecule has 102 valence electrons. The lowest BCUT2D eigenvalue weighted by Gasteiger charge is -2.26. The molecule has 0 saturated heterocycles. The van der Waals surface area contributed by atoms with E-state index in [2.05, 4.69) is 37.8 Å². The minimum absolute atomic E-state index is 0.252. The molecular weight excluding hydrogens is 226 g/mol. The van der Waals surface area contributed by atoms with E-state index >= 15 is 0 Å². The Kier molecular flexibility index (Phi) is 6.76. The summed E-state index contributed by atoms with van der Waals surface area (Å²) in [6.45, 7) is 9.16. The number of ether oxygens (including phenoxy) is 1. The highest BCUT2D eigenvalue weighted by molar-refractivity contribution is 5.26. The zero-order valence-electron chi connectivity index (χ0n) is 11.7. The summed E-state index contributed by atoms with van der Waals surface area (Å²) < 4.78 is 5.72. The molecule has 0 atom stereocenters. The number of hydrogen-bond donors (Lipinski definition) is 1. The maximum Gasteiger partial charge on any atom is 0.119 e. The third kappa shape index (κ3) is 5.52. The average molecular weight is 251 g/mol. The lowest BCUT2D eigenvalue weighted by Crippen LogP contribution is -2.35. The fourth-order valence-corrected chi connectivity index (χ4v) is 1.82. The first kappa shape index (κ1) is 15.0. The number of rotatable bonds is 8. The molecule has 0 bridgehead atoms. The molecule has 1 aromatic rings. The summed E-state index contributed by atoms with van der Waals surface area (Å²) in [5, 5.41) is 8.87. The predicted octanol–water partition coefficient (Wildman–Crippen LogP) is 2.47. The van der Waals surface area contributed by atoms with Crippen LogP contribution < -0.4 is 4.74 Å². The van der Waals surface area contributed by atoms with Gasteiger partial charge < -0.3 is 9.84 Å². The van der Waals surface area contributed by atoms with Crippen LogP contribution in [0.4, 0.5) is 0 Å². The molecule has 18 heavy (non-hydrogen) atoms. The monoisotopic (exact) mass is 251 g/mol. The van der Waals surface area contributed by atoms with E-state index in [0.29, 0.717) is 12.6 Å². The smallest absolute Gasteiger partial charge is 0.119 e. The minimum Gasteiger partial charge on any atom is -0.492 e. The largest absolute Gasteiger partial charge is 0.492 e. The Balaban J connectivity index is 2.31. The van der Waals surface area contributed by atoms with Crippen molar-refractivity contribution in [2.45, 2.75) is 33.2 Å². The summed E-state index contributed by atoms with van der Waals surface area (Å²) in [5.41, 5.74) is 1.24. The van der Waals surface area contributed by atoms with E-state index in [1.54, 1.807) is 0 Å². The van der Waals surface area contributed by atoms with Gasteiger partial charge in [-0.05, 0) is 39.3 Å². The van der Waals surface area contributed by atoms with Crippen LogP contribution in [0.2, 0.25) is 0 Å². The molecule has 1 N–H and O–H groups in total. The van der Waals surface area contributed by atoms with Crippen LogP contribution >= 0.6 is 0 Å². The third-order valence-corrected chi connectivity index (χ3v) is 3.00. The normalized spacial score (nSPS) is 11.2. The molecule has 0 aromatic heterocycles. The highest BCUT2D eigenvalue weighted by Crippen LogP contribution is 2.11. The topological polar surface area (TPSA) is 32.7 Å². The molecule has 0 heterocycles. The van der Waals surface area contributed by atoms with Crippen molar-refractivity contribution < 1.29 is 9.84 Å². The van der Waals surface area contributed by atoms with Gasteiger partial charge >= 0.3 is 0 Å². The molecule has 0 radical (unpaired) electrons. The van der Waals surface area contributed by atoms with Gasteiger partial charge in [0.25, 0.3) is 0 Å². The summed E-state index contributed by atoms with van der Waals surface area (Å²) in [6.07, 6.45) is 0.822. The maximum atomic E-state index is 8.87. The van der Waals surface area contributed by atoms with Crippen LogP contribution in [0.3, 0.4) is 0 Å². The van der Waals surface area contributed by atoms with Crippen LogP contribution in [0.25, 0.3) is 0 Å². The van der Waals surface area contributed by atoms with E-state index in [0.717, 1.165) is 25.3 Å². The average Bonchev–Trinajstić information content (AvgIpc) is 2.35. The fourth-order valence-electron chi connectivity index (χ4n) is 1.82. The number of aliphatic hydroxyl groups excluding tert-OH is 1. The van der Waals surface area contributed by atoms with Crippen LogP contribution in [0, 0.1) is 6.92 Å². The predicted molar refractivity (Wildman–Crippen MR) is 75.1 cm³/mol. The number of benzene rings is 1. The van der Waals surface area contributed by atoms with Crippen molar-refractivity contribution in [3.63, 3.8) is 0 Å². The van der Waals surface area contributed by atoms with Crippen LogP contribution in [-0.4, -0.2) is 42.4 Å². The van der Waals surface area contributed by atoms with E-state index < -0.39 is 0 Å². The van der Waals surface area contributed by atoms with Crippen LogP contribution in [0.15, 0.2) is 24.3 Å². The SMILES string of the molecule is Cc1ccc(OCCN(CCCO)C(C)C)cc1. The Hall–Kier alpha value is -1.06. The number of nitrogens with zero attached hydrogens (tertiary/aromatic N) is 1. The van der Waals surface area contributed by atoms with E-state index in [4.69, 9.17) is 9.84 Å². The Bertz CT molecular complexity index is 322. The molecule has 0 amide bonds. The number of aryl methyl sites for hydroxylation is 1. The Morgan fingerprint density at radius 2 is 1.83 bits per heavy atom. The second-order valence-electron chi connectivity index (χ2n) is 4.87. The van der Waals surface area contributed by atoms with Crippen LogP contribution in [0.1, 0.15) is 25.8 Å². The first-order chi connectivity index (χ1) is 8.63. The van der Waals surface area contributed by atoms with Gasteiger partial charge in [0.05, 0.1) is 0 Å².